The summed E-state index contributed by atoms with van der Waals surface area (Å²) < 4.78 is 0. The number of hydrogen-bond acceptors (Lipinski definition) is 5. The first-order valence-electron chi connectivity index (χ1n) is 6.35. The number of benzene rings is 1. The molecule has 106 valence electrons. The molecular weight excluding hydrogens is 274 g/mol. The molecule has 0 unspecified atom stereocenters. The van der Waals surface area contributed by atoms with E-state index in [1.807, 2.05) is 24.3 Å². The predicted molar refractivity (Wildman–Crippen MR) is 78.4 cm³/mol. The molecule has 0 bridgehead atoms. The number of nitrogens with two attached hydrogens (primary N) is 1. The summed E-state index contributed by atoms with van der Waals surface area (Å²) in [6, 6.07) is 7.55. The Labute approximate surface area is 121 Å². The van der Waals surface area contributed by atoms with E-state index < -0.39 is 0 Å². The molecule has 0 aliphatic heterocycles. The lowest BCUT2D eigenvalue weighted by atomic mass is 10.1. The Hall–Kier alpha value is -1.86. The van der Waals surface area contributed by atoms with Crippen LogP contribution in [0.15, 0.2) is 35.7 Å². The third kappa shape index (κ3) is 4.36. The van der Waals surface area contributed by atoms with E-state index in [0.29, 0.717) is 18.7 Å². The van der Waals surface area contributed by atoms with Crippen LogP contribution in [0.4, 0.5) is 0 Å². The van der Waals surface area contributed by atoms with Crippen molar-refractivity contribution in [3.8, 4) is 0 Å². The highest BCUT2D eigenvalue weighted by Crippen LogP contribution is 2.18. The van der Waals surface area contributed by atoms with Crippen LogP contribution in [0.25, 0.3) is 0 Å². The fourth-order valence-electron chi connectivity index (χ4n) is 1.57. The second kappa shape index (κ2) is 7.66. The minimum absolute atomic E-state index is 0.0621. The molecule has 0 spiro atoms. The first-order chi connectivity index (χ1) is 9.79. The summed E-state index contributed by atoms with van der Waals surface area (Å²) in [6.07, 6.45) is 2.27. The van der Waals surface area contributed by atoms with Gasteiger partial charge in [-0.05, 0) is 30.7 Å². The van der Waals surface area contributed by atoms with Crippen molar-refractivity contribution in [2.45, 2.75) is 17.3 Å². The molecule has 1 heterocycles. The van der Waals surface area contributed by atoms with Crippen molar-refractivity contribution >= 4 is 17.7 Å². The van der Waals surface area contributed by atoms with Crippen molar-refractivity contribution < 1.29 is 4.79 Å². The molecule has 1 amide bonds. The van der Waals surface area contributed by atoms with Crippen LogP contribution in [-0.4, -0.2) is 34.2 Å². The number of carbonyl (C=O) groups excluding carboxylic acids is 1. The minimum atomic E-state index is -0.0621. The molecule has 0 atom stereocenters. The zero-order valence-corrected chi connectivity index (χ0v) is 11.8. The Kier molecular flexibility index (Phi) is 5.57. The van der Waals surface area contributed by atoms with Gasteiger partial charge in [0.05, 0.1) is 0 Å². The van der Waals surface area contributed by atoms with Crippen LogP contribution in [0.5, 0.6) is 0 Å². The van der Waals surface area contributed by atoms with E-state index in [9.17, 15) is 4.79 Å². The second-order valence-electron chi connectivity index (χ2n) is 4.17. The van der Waals surface area contributed by atoms with Crippen molar-refractivity contribution in [1.82, 2.24) is 20.5 Å². The standard InChI is InChI=1S/C13H17N5OS/c14-6-1-7-15-12(19)11-4-2-10(3-5-11)8-20-13-16-9-17-18-13/h2-5,9H,1,6-8,14H2,(H,15,19)(H,16,17,18). The van der Waals surface area contributed by atoms with Gasteiger partial charge in [0.1, 0.15) is 6.33 Å². The van der Waals surface area contributed by atoms with E-state index in [2.05, 4.69) is 20.5 Å². The molecule has 0 aliphatic carbocycles. The maximum Gasteiger partial charge on any atom is 0.251 e. The first kappa shape index (κ1) is 14.5. The lowest BCUT2D eigenvalue weighted by Gasteiger charge is -2.05. The molecule has 0 fully saturated rings. The molecule has 0 saturated carbocycles. The van der Waals surface area contributed by atoms with Crippen LogP contribution < -0.4 is 11.1 Å². The maximum absolute atomic E-state index is 11.8. The number of amides is 1. The van der Waals surface area contributed by atoms with Crippen LogP contribution in [0.2, 0.25) is 0 Å². The van der Waals surface area contributed by atoms with Gasteiger partial charge in [0.25, 0.3) is 5.91 Å². The Morgan fingerprint density at radius 2 is 2.15 bits per heavy atom. The van der Waals surface area contributed by atoms with Gasteiger partial charge in [0, 0.05) is 17.9 Å². The van der Waals surface area contributed by atoms with E-state index in [1.54, 1.807) is 11.8 Å². The normalized spacial score (nSPS) is 10.4. The van der Waals surface area contributed by atoms with Gasteiger partial charge in [0.15, 0.2) is 5.16 Å². The lowest BCUT2D eigenvalue weighted by Crippen LogP contribution is -2.25. The number of nitrogens with zero attached hydrogens (tertiary/aromatic N) is 2. The number of aromatic nitrogens is 3. The Morgan fingerprint density at radius 1 is 1.35 bits per heavy atom. The summed E-state index contributed by atoms with van der Waals surface area (Å²) in [5.41, 5.74) is 7.17. The van der Waals surface area contributed by atoms with Crippen LogP contribution in [0, 0.1) is 0 Å². The third-order valence-corrected chi connectivity index (χ3v) is 3.60. The van der Waals surface area contributed by atoms with Gasteiger partial charge < -0.3 is 11.1 Å². The maximum atomic E-state index is 11.8. The molecule has 2 aromatic rings. The Morgan fingerprint density at radius 3 is 2.80 bits per heavy atom. The molecule has 1 aromatic heterocycles. The highest BCUT2D eigenvalue weighted by molar-refractivity contribution is 7.98. The minimum Gasteiger partial charge on any atom is -0.352 e. The number of carbonyl (C=O) groups is 1. The first-order valence-corrected chi connectivity index (χ1v) is 7.33. The lowest BCUT2D eigenvalue weighted by molar-refractivity contribution is 0.0953. The van der Waals surface area contributed by atoms with Crippen molar-refractivity contribution in [2.75, 3.05) is 13.1 Å². The van der Waals surface area contributed by atoms with Crippen LogP contribution in [0.1, 0.15) is 22.3 Å². The van der Waals surface area contributed by atoms with Crippen molar-refractivity contribution in [3.63, 3.8) is 0 Å². The second-order valence-corrected chi connectivity index (χ2v) is 5.14. The summed E-state index contributed by atoms with van der Waals surface area (Å²) in [5, 5.41) is 10.2. The SMILES string of the molecule is NCCCNC(=O)c1ccc(CSc2ncn[nH]2)cc1. The van der Waals surface area contributed by atoms with Crippen molar-refractivity contribution in [3.05, 3.63) is 41.7 Å². The highest BCUT2D eigenvalue weighted by atomic mass is 32.2. The van der Waals surface area contributed by atoms with Gasteiger partial charge >= 0.3 is 0 Å². The topological polar surface area (TPSA) is 96.7 Å². The fourth-order valence-corrected chi connectivity index (χ4v) is 2.31. The van der Waals surface area contributed by atoms with Gasteiger partial charge in [-0.1, -0.05) is 23.9 Å². The van der Waals surface area contributed by atoms with E-state index >= 15 is 0 Å². The van der Waals surface area contributed by atoms with Crippen molar-refractivity contribution in [1.29, 1.82) is 0 Å². The van der Waals surface area contributed by atoms with E-state index in [-0.39, 0.29) is 5.91 Å². The fraction of sp³-hybridized carbons (Fsp3) is 0.308. The van der Waals surface area contributed by atoms with Gasteiger partial charge in [-0.2, -0.15) is 5.10 Å². The van der Waals surface area contributed by atoms with Crippen molar-refractivity contribution in [2.24, 2.45) is 5.73 Å². The molecule has 0 aliphatic rings. The smallest absolute Gasteiger partial charge is 0.251 e. The zero-order valence-electron chi connectivity index (χ0n) is 11.0. The van der Waals surface area contributed by atoms with Gasteiger partial charge in [-0.15, -0.1) is 0 Å². The number of aromatic amines is 1. The molecule has 6 nitrogen and oxygen atoms in total. The number of hydrogen-bond donors (Lipinski definition) is 3. The Bertz CT molecular complexity index is 526. The van der Waals surface area contributed by atoms with Gasteiger partial charge in [0.2, 0.25) is 0 Å². The van der Waals surface area contributed by atoms with Gasteiger partial charge in [-0.25, -0.2) is 4.98 Å². The molecule has 7 heteroatoms. The van der Waals surface area contributed by atoms with Crippen LogP contribution in [0.3, 0.4) is 0 Å². The molecule has 2 rings (SSSR count). The number of H-pyrrole nitrogens is 1. The molecule has 0 radical (unpaired) electrons. The predicted octanol–water partition coefficient (Wildman–Crippen LogP) is 1.18. The van der Waals surface area contributed by atoms with E-state index in [1.165, 1.54) is 6.33 Å². The van der Waals surface area contributed by atoms with E-state index in [0.717, 1.165) is 22.9 Å². The average molecular weight is 291 g/mol. The largest absolute Gasteiger partial charge is 0.352 e. The van der Waals surface area contributed by atoms with Crippen LogP contribution >= 0.6 is 11.8 Å². The third-order valence-electron chi connectivity index (χ3n) is 2.65. The summed E-state index contributed by atoms with van der Waals surface area (Å²) in [7, 11) is 0. The number of thioether (sulfide) groups is 1. The zero-order chi connectivity index (χ0) is 14.2. The molecule has 1 aromatic carbocycles. The highest BCUT2D eigenvalue weighted by Gasteiger charge is 2.05. The summed E-state index contributed by atoms with van der Waals surface area (Å²) in [6.45, 7) is 1.19. The van der Waals surface area contributed by atoms with Gasteiger partial charge in [-0.3, -0.25) is 9.89 Å². The summed E-state index contributed by atoms with van der Waals surface area (Å²) >= 11 is 1.57. The summed E-state index contributed by atoms with van der Waals surface area (Å²) in [4.78, 5) is 15.8. The average Bonchev–Trinajstić information content (AvgIpc) is 2.99. The quantitative estimate of drug-likeness (QED) is 0.526. The van der Waals surface area contributed by atoms with Crippen LogP contribution in [-0.2, 0) is 5.75 Å². The molecule has 4 N–H and O–H groups in total. The monoisotopic (exact) mass is 291 g/mol. The Balaban J connectivity index is 1.84. The number of nitrogens with one attached hydrogen (secondary N) is 2. The molecular formula is C13H17N5OS. The molecule has 0 saturated heterocycles. The van der Waals surface area contributed by atoms with E-state index in [4.69, 9.17) is 5.73 Å². The number of rotatable bonds is 7. The molecule has 20 heavy (non-hydrogen) atoms. The summed E-state index contributed by atoms with van der Waals surface area (Å²) in [5.74, 6) is 0.720.